The Bertz CT molecular complexity index is 497. The van der Waals surface area contributed by atoms with Crippen LogP contribution in [0.3, 0.4) is 0 Å². The second kappa shape index (κ2) is 5.12. The fourth-order valence-electron chi connectivity index (χ4n) is 1.03. The van der Waals surface area contributed by atoms with Crippen molar-refractivity contribution in [2.75, 3.05) is 5.32 Å². The highest BCUT2D eigenvalue weighted by Gasteiger charge is 2.33. The average molecular weight is 291 g/mol. The first-order valence-electron chi connectivity index (χ1n) is 5.20. The number of aromatic nitrogens is 1. The molecule has 0 aliphatic heterocycles. The number of carbonyl (C=O) groups excluding carboxylic acids is 1. The van der Waals surface area contributed by atoms with Gasteiger partial charge in [-0.3, -0.25) is 4.79 Å². The summed E-state index contributed by atoms with van der Waals surface area (Å²) in [7, 11) is 0. The van der Waals surface area contributed by atoms with Crippen LogP contribution in [0.5, 0.6) is 0 Å². The minimum absolute atomic E-state index is 0.00938. The molecule has 104 valence electrons. The predicted octanol–water partition coefficient (Wildman–Crippen LogP) is 2.35. The lowest BCUT2D eigenvalue weighted by molar-refractivity contribution is -0.141. The molecule has 0 radical (unpaired) electrons. The van der Waals surface area contributed by atoms with Gasteiger partial charge in [0, 0.05) is 0 Å². The Labute approximate surface area is 113 Å². The van der Waals surface area contributed by atoms with Gasteiger partial charge in [-0.15, -0.1) is 0 Å². The molecule has 0 saturated carbocycles. The van der Waals surface area contributed by atoms with Crippen LogP contribution >= 0.6 is 12.2 Å². The summed E-state index contributed by atoms with van der Waals surface area (Å²) in [5.41, 5.74) is 3.43. The van der Waals surface area contributed by atoms with Gasteiger partial charge in [0.05, 0.1) is 22.3 Å². The molecule has 0 fully saturated rings. The van der Waals surface area contributed by atoms with Crippen molar-refractivity contribution in [3.63, 3.8) is 0 Å². The number of nitrogens with zero attached hydrogens (tertiary/aromatic N) is 1. The number of nitrogens with two attached hydrogens (primary N) is 1. The highest BCUT2D eigenvalue weighted by atomic mass is 32.1. The number of rotatable bonds is 3. The van der Waals surface area contributed by atoms with Gasteiger partial charge in [0.1, 0.15) is 5.69 Å². The summed E-state index contributed by atoms with van der Waals surface area (Å²) in [6.07, 6.45) is -3.59. The molecule has 4 nitrogen and oxygen atoms in total. The van der Waals surface area contributed by atoms with Gasteiger partial charge in [-0.1, -0.05) is 12.2 Å². The number of pyridine rings is 1. The third-order valence-electron chi connectivity index (χ3n) is 2.50. The van der Waals surface area contributed by atoms with Gasteiger partial charge in [-0.05, 0) is 26.0 Å². The van der Waals surface area contributed by atoms with Gasteiger partial charge in [0.15, 0.2) is 0 Å². The van der Waals surface area contributed by atoms with E-state index >= 15 is 0 Å². The van der Waals surface area contributed by atoms with Crippen LogP contribution in [0.2, 0.25) is 0 Å². The molecule has 0 aliphatic rings. The van der Waals surface area contributed by atoms with E-state index in [0.717, 1.165) is 18.3 Å². The normalized spacial score (nSPS) is 12.1. The topological polar surface area (TPSA) is 68.0 Å². The Balaban J connectivity index is 2.85. The Morgan fingerprint density at radius 2 is 1.95 bits per heavy atom. The van der Waals surface area contributed by atoms with Crippen LogP contribution in [0.15, 0.2) is 18.3 Å². The molecule has 1 amide bonds. The van der Waals surface area contributed by atoms with E-state index in [-0.39, 0.29) is 10.7 Å². The lowest BCUT2D eigenvalue weighted by Crippen LogP contribution is -2.41. The lowest BCUT2D eigenvalue weighted by Gasteiger charge is -2.21. The standard InChI is InChI=1S/C11H12F3N3OS/c1-10(2,8(15)19)9(18)17-6-3-4-7(16-5-6)11(12,13)14/h3-5H,1-2H3,(H2,15,19)(H,17,18). The second-order valence-corrected chi connectivity index (χ2v) is 4.81. The average Bonchev–Trinajstić information content (AvgIpc) is 2.28. The number of hydrogen-bond acceptors (Lipinski definition) is 3. The molecule has 0 bridgehead atoms. The zero-order chi connectivity index (χ0) is 14.8. The first-order valence-corrected chi connectivity index (χ1v) is 5.60. The Morgan fingerprint density at radius 1 is 1.37 bits per heavy atom. The van der Waals surface area contributed by atoms with E-state index in [9.17, 15) is 18.0 Å². The van der Waals surface area contributed by atoms with Gasteiger partial charge in [0.25, 0.3) is 0 Å². The summed E-state index contributed by atoms with van der Waals surface area (Å²) in [6, 6.07) is 1.90. The molecule has 8 heteroatoms. The molecule has 0 unspecified atom stereocenters. The van der Waals surface area contributed by atoms with Crippen molar-refractivity contribution in [3.05, 3.63) is 24.0 Å². The summed E-state index contributed by atoms with van der Waals surface area (Å²) >= 11 is 4.75. The second-order valence-electron chi connectivity index (χ2n) is 4.37. The number of alkyl halides is 3. The zero-order valence-corrected chi connectivity index (χ0v) is 11.0. The van der Waals surface area contributed by atoms with Crippen LogP contribution in [-0.4, -0.2) is 15.9 Å². The first kappa shape index (κ1) is 15.4. The fraction of sp³-hybridized carbons (Fsp3) is 0.364. The molecule has 1 aromatic rings. The van der Waals surface area contributed by atoms with E-state index in [1.54, 1.807) is 0 Å². The van der Waals surface area contributed by atoms with Crippen LogP contribution in [0, 0.1) is 5.41 Å². The van der Waals surface area contributed by atoms with E-state index in [0.29, 0.717) is 0 Å². The largest absolute Gasteiger partial charge is 0.433 e. The van der Waals surface area contributed by atoms with E-state index in [4.69, 9.17) is 18.0 Å². The van der Waals surface area contributed by atoms with Crippen LogP contribution in [0.1, 0.15) is 19.5 Å². The maximum absolute atomic E-state index is 12.3. The van der Waals surface area contributed by atoms with E-state index < -0.39 is 23.2 Å². The first-order chi connectivity index (χ1) is 8.55. The number of amides is 1. The van der Waals surface area contributed by atoms with E-state index in [2.05, 4.69) is 10.3 Å². The highest BCUT2D eigenvalue weighted by molar-refractivity contribution is 7.80. The quantitative estimate of drug-likeness (QED) is 0.839. The molecular formula is C11H12F3N3OS. The van der Waals surface area contributed by atoms with Crippen molar-refractivity contribution >= 4 is 28.8 Å². The monoisotopic (exact) mass is 291 g/mol. The minimum atomic E-state index is -4.51. The Hall–Kier alpha value is -1.70. The summed E-state index contributed by atoms with van der Waals surface area (Å²) in [5, 5.41) is 2.41. The maximum Gasteiger partial charge on any atom is 0.433 e. The number of nitrogens with one attached hydrogen (secondary N) is 1. The molecule has 3 N–H and O–H groups in total. The minimum Gasteiger partial charge on any atom is -0.392 e. The molecule has 0 spiro atoms. The van der Waals surface area contributed by atoms with Crippen molar-refractivity contribution < 1.29 is 18.0 Å². The van der Waals surface area contributed by atoms with Crippen LogP contribution in [0.25, 0.3) is 0 Å². The number of thiocarbonyl (C=S) groups is 1. The number of halogens is 3. The SMILES string of the molecule is CC(C)(C(=O)Nc1ccc(C(F)(F)F)nc1)C(N)=S. The Kier molecular flexibility index (Phi) is 4.14. The third kappa shape index (κ3) is 3.63. The van der Waals surface area contributed by atoms with Crippen LogP contribution in [-0.2, 0) is 11.0 Å². The molecule has 0 saturated heterocycles. The molecule has 1 aromatic heterocycles. The summed E-state index contributed by atoms with van der Waals surface area (Å²) in [5.74, 6) is -0.512. The van der Waals surface area contributed by atoms with Gasteiger partial charge < -0.3 is 11.1 Å². The van der Waals surface area contributed by atoms with Crippen LogP contribution in [0.4, 0.5) is 18.9 Å². The molecule has 19 heavy (non-hydrogen) atoms. The van der Waals surface area contributed by atoms with Crippen molar-refractivity contribution in [2.45, 2.75) is 20.0 Å². The van der Waals surface area contributed by atoms with Gasteiger partial charge in [-0.2, -0.15) is 13.2 Å². The maximum atomic E-state index is 12.3. The lowest BCUT2D eigenvalue weighted by atomic mass is 9.92. The third-order valence-corrected chi connectivity index (χ3v) is 3.01. The smallest absolute Gasteiger partial charge is 0.392 e. The molecule has 1 rings (SSSR count). The van der Waals surface area contributed by atoms with Crippen LogP contribution < -0.4 is 11.1 Å². The predicted molar refractivity (Wildman–Crippen MR) is 68.4 cm³/mol. The highest BCUT2D eigenvalue weighted by Crippen LogP contribution is 2.28. The van der Waals surface area contributed by atoms with Crippen molar-refractivity contribution in [1.82, 2.24) is 4.98 Å². The summed E-state index contributed by atoms with van der Waals surface area (Å²) < 4.78 is 36.9. The van der Waals surface area contributed by atoms with Gasteiger partial charge in [-0.25, -0.2) is 4.98 Å². The van der Waals surface area contributed by atoms with Crippen molar-refractivity contribution in [3.8, 4) is 0 Å². The summed E-state index contributed by atoms with van der Waals surface area (Å²) in [4.78, 5) is 15.0. The Morgan fingerprint density at radius 3 is 2.32 bits per heavy atom. The molecule has 0 aliphatic carbocycles. The van der Waals surface area contributed by atoms with Crippen molar-refractivity contribution in [2.24, 2.45) is 11.1 Å². The molecule has 1 heterocycles. The zero-order valence-electron chi connectivity index (χ0n) is 10.2. The molecule has 0 atom stereocenters. The van der Waals surface area contributed by atoms with E-state index in [1.165, 1.54) is 13.8 Å². The molecular weight excluding hydrogens is 279 g/mol. The van der Waals surface area contributed by atoms with Gasteiger partial charge >= 0.3 is 6.18 Å². The van der Waals surface area contributed by atoms with Gasteiger partial charge in [0.2, 0.25) is 5.91 Å². The number of hydrogen-bond donors (Lipinski definition) is 2. The number of anilines is 1. The fourth-order valence-corrected chi connectivity index (χ4v) is 1.13. The van der Waals surface area contributed by atoms with E-state index in [1.807, 2.05) is 0 Å². The summed E-state index contributed by atoms with van der Waals surface area (Å²) in [6.45, 7) is 3.03. The number of carbonyl (C=O) groups is 1. The van der Waals surface area contributed by atoms with Crippen molar-refractivity contribution in [1.29, 1.82) is 0 Å². The molecule has 0 aromatic carbocycles.